The van der Waals surface area contributed by atoms with Gasteiger partial charge in [0.25, 0.3) is 0 Å². The molecule has 0 aromatic carbocycles. The first-order valence-electron chi connectivity index (χ1n) is 6.23. The second-order valence-corrected chi connectivity index (χ2v) is 5.09. The van der Waals surface area contributed by atoms with Crippen LogP contribution in [0.1, 0.15) is 40.0 Å². The van der Waals surface area contributed by atoms with Crippen molar-refractivity contribution in [1.82, 2.24) is 10.6 Å². The van der Waals surface area contributed by atoms with E-state index in [-0.39, 0.29) is 18.0 Å². The fraction of sp³-hybridized carbons (Fsp3) is 0.833. The minimum absolute atomic E-state index is 0.0708. The van der Waals surface area contributed by atoms with Crippen LogP contribution in [0.5, 0.6) is 0 Å². The minimum atomic E-state index is -0.975. The van der Waals surface area contributed by atoms with E-state index < -0.39 is 12.0 Å². The van der Waals surface area contributed by atoms with E-state index in [1.54, 1.807) is 0 Å². The maximum absolute atomic E-state index is 11.6. The second-order valence-electron chi connectivity index (χ2n) is 5.09. The van der Waals surface area contributed by atoms with Crippen molar-refractivity contribution in [3.05, 3.63) is 0 Å². The predicted octanol–water partition coefficient (Wildman–Crippen LogP) is 1.58. The van der Waals surface area contributed by atoms with Crippen LogP contribution in [0.25, 0.3) is 0 Å². The molecule has 17 heavy (non-hydrogen) atoms. The van der Waals surface area contributed by atoms with Crippen LogP contribution >= 0.6 is 0 Å². The van der Waals surface area contributed by atoms with Gasteiger partial charge in [0.2, 0.25) is 0 Å². The highest BCUT2D eigenvalue weighted by atomic mass is 16.4. The molecule has 1 unspecified atom stereocenters. The topological polar surface area (TPSA) is 78.4 Å². The van der Waals surface area contributed by atoms with Crippen LogP contribution in [0.3, 0.4) is 0 Å². The zero-order chi connectivity index (χ0) is 13.0. The van der Waals surface area contributed by atoms with Crippen LogP contribution in [-0.2, 0) is 4.79 Å². The Bertz CT molecular complexity index is 287. The monoisotopic (exact) mass is 242 g/mol. The van der Waals surface area contributed by atoms with Gasteiger partial charge < -0.3 is 15.7 Å². The normalized spacial score (nSPS) is 26.5. The van der Waals surface area contributed by atoms with E-state index in [9.17, 15) is 9.59 Å². The number of amides is 2. The third-order valence-electron chi connectivity index (χ3n) is 3.47. The van der Waals surface area contributed by atoms with Gasteiger partial charge in [0.05, 0.1) is 0 Å². The molecule has 0 radical (unpaired) electrons. The molecular formula is C12H22N2O3. The van der Waals surface area contributed by atoms with Crippen molar-refractivity contribution in [3.8, 4) is 0 Å². The molecule has 2 atom stereocenters. The molecule has 0 spiro atoms. The lowest BCUT2D eigenvalue weighted by Gasteiger charge is -2.33. The summed E-state index contributed by atoms with van der Waals surface area (Å²) in [5.41, 5.74) is 0. The number of carbonyl (C=O) groups is 2. The Morgan fingerprint density at radius 1 is 1.41 bits per heavy atom. The molecule has 1 aliphatic rings. The van der Waals surface area contributed by atoms with E-state index in [1.165, 1.54) is 0 Å². The standard InChI is InChI=1S/C12H22N2O3/c1-4-8(3)10(11(15)16)14-12(17)13-9-5-7(2)6-9/h7-10H,4-6H2,1-3H3,(H,15,16)(H2,13,14,17)/t7?,8?,9?,10-/m0/s1. The molecule has 2 amide bonds. The molecule has 1 saturated carbocycles. The number of nitrogens with one attached hydrogen (secondary N) is 2. The fourth-order valence-electron chi connectivity index (χ4n) is 2.07. The molecule has 5 heteroatoms. The number of carboxylic acids is 1. The largest absolute Gasteiger partial charge is 0.480 e. The highest BCUT2D eigenvalue weighted by molar-refractivity contribution is 5.82. The molecule has 0 saturated heterocycles. The lowest BCUT2D eigenvalue weighted by atomic mass is 9.82. The first kappa shape index (κ1) is 13.8. The highest BCUT2D eigenvalue weighted by Crippen LogP contribution is 2.26. The first-order valence-corrected chi connectivity index (χ1v) is 6.23. The number of carbonyl (C=O) groups excluding carboxylic acids is 1. The Balaban J connectivity index is 2.38. The van der Waals surface area contributed by atoms with E-state index in [0.717, 1.165) is 19.3 Å². The zero-order valence-electron chi connectivity index (χ0n) is 10.7. The summed E-state index contributed by atoms with van der Waals surface area (Å²) < 4.78 is 0. The lowest BCUT2D eigenvalue weighted by Crippen LogP contribution is -2.53. The van der Waals surface area contributed by atoms with Crippen molar-refractivity contribution in [2.24, 2.45) is 11.8 Å². The van der Waals surface area contributed by atoms with Gasteiger partial charge in [-0.05, 0) is 24.7 Å². The average Bonchev–Trinajstić information content (AvgIpc) is 2.22. The number of hydrogen-bond acceptors (Lipinski definition) is 2. The Kier molecular flexibility index (Phi) is 4.78. The van der Waals surface area contributed by atoms with Gasteiger partial charge in [0.15, 0.2) is 0 Å². The second kappa shape index (κ2) is 5.89. The minimum Gasteiger partial charge on any atom is -0.480 e. The molecular weight excluding hydrogens is 220 g/mol. The highest BCUT2D eigenvalue weighted by Gasteiger charge is 2.29. The first-order chi connectivity index (χ1) is 7.93. The molecule has 0 aromatic heterocycles. The molecule has 1 fully saturated rings. The van der Waals surface area contributed by atoms with E-state index in [1.807, 2.05) is 13.8 Å². The van der Waals surface area contributed by atoms with Gasteiger partial charge in [-0.15, -0.1) is 0 Å². The number of carboxylic acid groups (broad SMARTS) is 1. The van der Waals surface area contributed by atoms with Gasteiger partial charge in [-0.1, -0.05) is 27.2 Å². The molecule has 0 bridgehead atoms. The van der Waals surface area contributed by atoms with Crippen LogP contribution in [0.15, 0.2) is 0 Å². The lowest BCUT2D eigenvalue weighted by molar-refractivity contribution is -0.140. The molecule has 0 aromatic rings. The van der Waals surface area contributed by atoms with Crippen molar-refractivity contribution in [2.75, 3.05) is 0 Å². The van der Waals surface area contributed by atoms with Crippen LogP contribution in [0, 0.1) is 11.8 Å². The number of hydrogen-bond donors (Lipinski definition) is 3. The van der Waals surface area contributed by atoms with Crippen molar-refractivity contribution in [1.29, 1.82) is 0 Å². The smallest absolute Gasteiger partial charge is 0.326 e. The van der Waals surface area contributed by atoms with Crippen LogP contribution < -0.4 is 10.6 Å². The van der Waals surface area contributed by atoms with Crippen molar-refractivity contribution in [2.45, 2.75) is 52.1 Å². The summed E-state index contributed by atoms with van der Waals surface area (Å²) in [4.78, 5) is 22.6. The molecule has 0 heterocycles. The van der Waals surface area contributed by atoms with Crippen molar-refractivity contribution in [3.63, 3.8) is 0 Å². The molecule has 0 aliphatic heterocycles. The Morgan fingerprint density at radius 2 is 2.00 bits per heavy atom. The van der Waals surface area contributed by atoms with Gasteiger partial charge in [-0.25, -0.2) is 9.59 Å². The summed E-state index contributed by atoms with van der Waals surface area (Å²) in [5.74, 6) is -0.389. The van der Waals surface area contributed by atoms with Crippen molar-refractivity contribution < 1.29 is 14.7 Å². The van der Waals surface area contributed by atoms with Gasteiger partial charge in [-0.2, -0.15) is 0 Å². The summed E-state index contributed by atoms with van der Waals surface area (Å²) in [6, 6.07) is -0.969. The van der Waals surface area contributed by atoms with E-state index in [2.05, 4.69) is 17.6 Å². The average molecular weight is 242 g/mol. The quantitative estimate of drug-likeness (QED) is 0.685. The molecule has 1 rings (SSSR count). The fourth-order valence-corrected chi connectivity index (χ4v) is 2.07. The molecule has 3 N–H and O–H groups in total. The maximum atomic E-state index is 11.6. The third kappa shape index (κ3) is 3.91. The van der Waals surface area contributed by atoms with Gasteiger partial charge in [0, 0.05) is 6.04 Å². The number of aliphatic carboxylic acids is 1. The summed E-state index contributed by atoms with van der Waals surface area (Å²) >= 11 is 0. The van der Waals surface area contributed by atoms with Crippen molar-refractivity contribution >= 4 is 12.0 Å². The third-order valence-corrected chi connectivity index (χ3v) is 3.47. The maximum Gasteiger partial charge on any atom is 0.326 e. The summed E-state index contributed by atoms with van der Waals surface area (Å²) in [6.07, 6.45) is 2.68. The SMILES string of the molecule is CCC(C)[C@H](NC(=O)NC1CC(C)C1)C(=O)O. The van der Waals surface area contributed by atoms with Gasteiger partial charge in [0.1, 0.15) is 6.04 Å². The van der Waals surface area contributed by atoms with Gasteiger partial charge >= 0.3 is 12.0 Å². The van der Waals surface area contributed by atoms with E-state index in [4.69, 9.17) is 5.11 Å². The zero-order valence-corrected chi connectivity index (χ0v) is 10.7. The van der Waals surface area contributed by atoms with E-state index in [0.29, 0.717) is 5.92 Å². The predicted molar refractivity (Wildman–Crippen MR) is 64.7 cm³/mol. The Labute approximate surface area is 102 Å². The van der Waals surface area contributed by atoms with Gasteiger partial charge in [-0.3, -0.25) is 0 Å². The number of rotatable bonds is 5. The number of urea groups is 1. The summed E-state index contributed by atoms with van der Waals surface area (Å²) in [5, 5.41) is 14.4. The van der Waals surface area contributed by atoms with Crippen LogP contribution in [0.4, 0.5) is 4.79 Å². The summed E-state index contributed by atoms with van der Waals surface area (Å²) in [7, 11) is 0. The summed E-state index contributed by atoms with van der Waals surface area (Å²) in [6.45, 7) is 5.87. The van der Waals surface area contributed by atoms with Crippen LogP contribution in [0.2, 0.25) is 0 Å². The molecule has 5 nitrogen and oxygen atoms in total. The van der Waals surface area contributed by atoms with Crippen LogP contribution in [-0.4, -0.2) is 29.2 Å². The Morgan fingerprint density at radius 3 is 2.41 bits per heavy atom. The molecule has 1 aliphatic carbocycles. The van der Waals surface area contributed by atoms with E-state index >= 15 is 0 Å². The Hall–Kier alpha value is -1.26. The molecule has 98 valence electrons.